The molecule has 2 aromatic carbocycles. The van der Waals surface area contributed by atoms with Crippen LogP contribution in [-0.2, 0) is 26.2 Å². The van der Waals surface area contributed by atoms with Gasteiger partial charge in [-0.15, -0.1) is 0 Å². The molecule has 0 aliphatic carbocycles. The average molecular weight is 543 g/mol. The van der Waals surface area contributed by atoms with Crippen molar-refractivity contribution in [2.45, 2.75) is 52.1 Å². The molecule has 192 valence electrons. The smallest absolute Gasteiger partial charge is 0.242 e. The second kappa shape index (κ2) is 13.7. The van der Waals surface area contributed by atoms with Crippen LogP contribution >= 0.6 is 23.2 Å². The fourth-order valence-corrected chi connectivity index (χ4v) is 5.15. The van der Waals surface area contributed by atoms with Crippen molar-refractivity contribution in [3.05, 3.63) is 64.1 Å². The molecular formula is C25H33Cl2N3O4S. The highest BCUT2D eigenvalue weighted by Gasteiger charge is 2.29. The zero-order chi connectivity index (χ0) is 26.0. The lowest BCUT2D eigenvalue weighted by atomic mass is 10.1. The number of sulfonamides is 1. The fourth-order valence-electron chi connectivity index (χ4n) is 3.72. The lowest BCUT2D eigenvalue weighted by Gasteiger charge is -2.31. The second-order valence-corrected chi connectivity index (χ2v) is 11.0. The van der Waals surface area contributed by atoms with E-state index in [1.54, 1.807) is 42.5 Å². The number of nitrogens with zero attached hydrogens (tertiary/aromatic N) is 2. The van der Waals surface area contributed by atoms with Gasteiger partial charge in [-0.2, -0.15) is 0 Å². The van der Waals surface area contributed by atoms with Gasteiger partial charge in [-0.1, -0.05) is 61.3 Å². The molecule has 0 unspecified atom stereocenters. The first-order chi connectivity index (χ1) is 16.6. The van der Waals surface area contributed by atoms with Gasteiger partial charge in [-0.25, -0.2) is 8.42 Å². The van der Waals surface area contributed by atoms with Gasteiger partial charge in [-0.3, -0.25) is 13.9 Å². The van der Waals surface area contributed by atoms with Gasteiger partial charge in [0.1, 0.15) is 6.04 Å². The number of anilines is 1. The molecule has 2 rings (SSSR count). The Morgan fingerprint density at radius 1 is 1.06 bits per heavy atom. The summed E-state index contributed by atoms with van der Waals surface area (Å²) in [5.41, 5.74) is 1.21. The van der Waals surface area contributed by atoms with E-state index >= 15 is 0 Å². The topological polar surface area (TPSA) is 86.8 Å². The van der Waals surface area contributed by atoms with Crippen molar-refractivity contribution >= 4 is 50.7 Å². The molecule has 2 amide bonds. The monoisotopic (exact) mass is 541 g/mol. The van der Waals surface area contributed by atoms with E-state index in [1.807, 2.05) is 19.9 Å². The molecule has 0 saturated heterocycles. The lowest BCUT2D eigenvalue weighted by molar-refractivity contribution is -0.141. The molecule has 0 saturated carbocycles. The first kappa shape index (κ1) is 28.9. The summed E-state index contributed by atoms with van der Waals surface area (Å²) < 4.78 is 26.0. The second-order valence-electron chi connectivity index (χ2n) is 8.25. The van der Waals surface area contributed by atoms with Crippen LogP contribution in [0.2, 0.25) is 10.0 Å². The molecule has 0 aliphatic rings. The van der Waals surface area contributed by atoms with Gasteiger partial charge in [0.05, 0.1) is 11.9 Å². The van der Waals surface area contributed by atoms with E-state index in [9.17, 15) is 18.0 Å². The maximum Gasteiger partial charge on any atom is 0.242 e. The standard InChI is InChI=1S/C25H33Cl2N3O4S/c1-4-15-28-25(32)23(5-2)29(18-19-13-14-20(26)17-22(19)27)24(31)12-9-16-30(35(3,33)34)21-10-7-6-8-11-21/h6-8,10-11,13-14,17,23H,4-5,9,12,15-16,18H2,1-3H3,(H,28,32)/t23-/m1/s1. The Morgan fingerprint density at radius 3 is 2.31 bits per heavy atom. The Morgan fingerprint density at radius 2 is 1.74 bits per heavy atom. The Kier molecular flexibility index (Phi) is 11.3. The number of halogens is 2. The molecule has 0 fully saturated rings. The van der Waals surface area contributed by atoms with Crippen molar-refractivity contribution in [3.63, 3.8) is 0 Å². The molecule has 2 aromatic rings. The number of carbonyl (C=O) groups excluding carboxylic acids is 2. The van der Waals surface area contributed by atoms with Gasteiger partial charge < -0.3 is 10.2 Å². The molecule has 0 heterocycles. The summed E-state index contributed by atoms with van der Waals surface area (Å²) in [6.07, 6.45) is 2.70. The van der Waals surface area contributed by atoms with Crippen LogP contribution in [0.4, 0.5) is 5.69 Å². The minimum Gasteiger partial charge on any atom is -0.354 e. The SMILES string of the molecule is CCCNC(=O)[C@@H](CC)N(Cc1ccc(Cl)cc1Cl)C(=O)CCCN(c1ccccc1)S(C)(=O)=O. The molecule has 0 aliphatic heterocycles. The molecule has 0 radical (unpaired) electrons. The highest BCUT2D eigenvalue weighted by atomic mass is 35.5. The van der Waals surface area contributed by atoms with Crippen LogP contribution in [0.3, 0.4) is 0 Å². The Balaban J connectivity index is 2.22. The van der Waals surface area contributed by atoms with E-state index < -0.39 is 16.1 Å². The molecule has 0 spiro atoms. The van der Waals surface area contributed by atoms with E-state index in [1.165, 1.54) is 9.21 Å². The van der Waals surface area contributed by atoms with E-state index in [-0.39, 0.29) is 31.3 Å². The van der Waals surface area contributed by atoms with Gasteiger partial charge in [0, 0.05) is 36.1 Å². The van der Waals surface area contributed by atoms with Crippen LogP contribution in [-0.4, -0.2) is 50.5 Å². The molecule has 0 aromatic heterocycles. The van der Waals surface area contributed by atoms with Crippen molar-refractivity contribution in [1.29, 1.82) is 0 Å². The molecule has 1 N–H and O–H groups in total. The maximum absolute atomic E-state index is 13.4. The molecule has 7 nitrogen and oxygen atoms in total. The molecule has 35 heavy (non-hydrogen) atoms. The first-order valence-corrected chi connectivity index (χ1v) is 14.2. The average Bonchev–Trinajstić information content (AvgIpc) is 2.81. The van der Waals surface area contributed by atoms with Gasteiger partial charge in [0.2, 0.25) is 21.8 Å². The first-order valence-electron chi connectivity index (χ1n) is 11.6. The molecule has 10 heteroatoms. The zero-order valence-electron chi connectivity index (χ0n) is 20.3. The van der Waals surface area contributed by atoms with Crippen LogP contribution < -0.4 is 9.62 Å². The van der Waals surface area contributed by atoms with Crippen molar-refractivity contribution in [3.8, 4) is 0 Å². The summed E-state index contributed by atoms with van der Waals surface area (Å²) in [6.45, 7) is 4.60. The zero-order valence-corrected chi connectivity index (χ0v) is 22.7. The van der Waals surface area contributed by atoms with Crippen LogP contribution in [0, 0.1) is 0 Å². The van der Waals surface area contributed by atoms with Gasteiger partial charge in [-0.05, 0) is 49.1 Å². The Labute approximate surface area is 218 Å². The third kappa shape index (κ3) is 8.70. The Bertz CT molecular complexity index is 1100. The normalized spacial score (nSPS) is 12.1. The summed E-state index contributed by atoms with van der Waals surface area (Å²) >= 11 is 12.4. The highest BCUT2D eigenvalue weighted by Crippen LogP contribution is 2.24. The van der Waals surface area contributed by atoms with E-state index in [0.29, 0.717) is 40.7 Å². The number of carbonyl (C=O) groups is 2. The van der Waals surface area contributed by atoms with Crippen molar-refractivity contribution < 1.29 is 18.0 Å². The van der Waals surface area contributed by atoms with Crippen LogP contribution in [0.15, 0.2) is 48.5 Å². The van der Waals surface area contributed by atoms with E-state index in [2.05, 4.69) is 5.32 Å². The van der Waals surface area contributed by atoms with Crippen LogP contribution in [0.5, 0.6) is 0 Å². The summed E-state index contributed by atoms with van der Waals surface area (Å²) in [6, 6.07) is 13.1. The van der Waals surface area contributed by atoms with Crippen molar-refractivity contribution in [2.75, 3.05) is 23.7 Å². The minimum atomic E-state index is -3.52. The van der Waals surface area contributed by atoms with Crippen molar-refractivity contribution in [1.82, 2.24) is 10.2 Å². The number of benzene rings is 2. The van der Waals surface area contributed by atoms with Gasteiger partial charge in [0.15, 0.2) is 0 Å². The summed E-state index contributed by atoms with van der Waals surface area (Å²) in [5, 5.41) is 3.76. The van der Waals surface area contributed by atoms with Crippen molar-refractivity contribution in [2.24, 2.45) is 0 Å². The van der Waals surface area contributed by atoms with E-state index in [0.717, 1.165) is 12.7 Å². The number of amides is 2. The number of rotatable bonds is 13. The Hall–Kier alpha value is -2.29. The maximum atomic E-state index is 13.4. The highest BCUT2D eigenvalue weighted by molar-refractivity contribution is 7.92. The lowest BCUT2D eigenvalue weighted by Crippen LogP contribution is -2.49. The molecule has 1 atom stereocenters. The minimum absolute atomic E-state index is 0.0711. The third-order valence-corrected chi connectivity index (χ3v) is 7.27. The molecule has 0 bridgehead atoms. The number of nitrogens with one attached hydrogen (secondary N) is 1. The van der Waals surface area contributed by atoms with E-state index in [4.69, 9.17) is 23.2 Å². The fraction of sp³-hybridized carbons (Fsp3) is 0.440. The largest absolute Gasteiger partial charge is 0.354 e. The number of para-hydroxylation sites is 1. The van der Waals surface area contributed by atoms with Gasteiger partial charge in [0.25, 0.3) is 0 Å². The molecular weight excluding hydrogens is 509 g/mol. The predicted molar refractivity (Wildman–Crippen MR) is 142 cm³/mol. The number of hydrogen-bond donors (Lipinski definition) is 1. The van der Waals surface area contributed by atoms with Crippen LogP contribution in [0.1, 0.15) is 45.1 Å². The quantitative estimate of drug-likeness (QED) is 0.391. The van der Waals surface area contributed by atoms with Crippen LogP contribution in [0.25, 0.3) is 0 Å². The summed E-state index contributed by atoms with van der Waals surface area (Å²) in [4.78, 5) is 27.8. The number of hydrogen-bond acceptors (Lipinski definition) is 4. The summed E-state index contributed by atoms with van der Waals surface area (Å²) in [7, 11) is -3.52. The summed E-state index contributed by atoms with van der Waals surface area (Å²) in [5.74, 6) is -0.481. The third-order valence-electron chi connectivity index (χ3n) is 5.49. The predicted octanol–water partition coefficient (Wildman–Crippen LogP) is 4.87. The van der Waals surface area contributed by atoms with Gasteiger partial charge >= 0.3 is 0 Å².